The van der Waals surface area contributed by atoms with Gasteiger partial charge in [-0.15, -0.1) is 11.3 Å². The summed E-state index contributed by atoms with van der Waals surface area (Å²) in [6.45, 7) is 8.77. The van der Waals surface area contributed by atoms with E-state index in [4.69, 9.17) is 0 Å². The van der Waals surface area contributed by atoms with Gasteiger partial charge in [0.05, 0.1) is 10.7 Å². The predicted octanol–water partition coefficient (Wildman–Crippen LogP) is 3.30. The van der Waals surface area contributed by atoms with E-state index in [2.05, 4.69) is 49.8 Å². The van der Waals surface area contributed by atoms with Gasteiger partial charge in [0.25, 0.3) is 0 Å². The van der Waals surface area contributed by atoms with Gasteiger partial charge in [-0.25, -0.2) is 4.98 Å². The number of hydrogen-bond acceptors (Lipinski definition) is 4. The van der Waals surface area contributed by atoms with E-state index in [1.165, 1.54) is 27.8 Å². The Labute approximate surface area is 106 Å². The summed E-state index contributed by atoms with van der Waals surface area (Å²) in [6.07, 6.45) is 1.30. The molecule has 1 aliphatic rings. The molecule has 0 radical (unpaired) electrons. The number of nitrogens with one attached hydrogen (secondary N) is 1. The Morgan fingerprint density at radius 3 is 2.69 bits per heavy atom. The average molecular weight is 256 g/mol. The van der Waals surface area contributed by atoms with Crippen LogP contribution in [0.5, 0.6) is 0 Å². The highest BCUT2D eigenvalue weighted by molar-refractivity contribution is 8.00. The van der Waals surface area contributed by atoms with E-state index in [9.17, 15) is 0 Å². The largest absolute Gasteiger partial charge is 0.306 e. The number of thiazole rings is 1. The maximum atomic E-state index is 4.49. The van der Waals surface area contributed by atoms with Crippen LogP contribution in [0.25, 0.3) is 0 Å². The van der Waals surface area contributed by atoms with Crippen molar-refractivity contribution < 1.29 is 0 Å². The summed E-state index contributed by atoms with van der Waals surface area (Å²) in [6, 6.07) is 1.12. The summed E-state index contributed by atoms with van der Waals surface area (Å²) in [4.78, 5) is 5.90. The molecule has 1 N–H and O–H groups in total. The Morgan fingerprint density at radius 2 is 2.19 bits per heavy atom. The van der Waals surface area contributed by atoms with Gasteiger partial charge in [0.1, 0.15) is 0 Å². The van der Waals surface area contributed by atoms with Gasteiger partial charge in [-0.1, -0.05) is 6.92 Å². The fourth-order valence-electron chi connectivity index (χ4n) is 2.31. The van der Waals surface area contributed by atoms with Gasteiger partial charge in [-0.05, 0) is 27.2 Å². The van der Waals surface area contributed by atoms with Crippen molar-refractivity contribution in [2.45, 2.75) is 51.4 Å². The first-order valence-electron chi connectivity index (χ1n) is 5.88. The molecule has 2 rings (SSSR count). The van der Waals surface area contributed by atoms with Crippen molar-refractivity contribution in [1.82, 2.24) is 10.3 Å². The minimum atomic E-state index is 0.446. The molecule has 1 aliphatic heterocycles. The third-order valence-electron chi connectivity index (χ3n) is 3.02. The summed E-state index contributed by atoms with van der Waals surface area (Å²) in [7, 11) is 0. The van der Waals surface area contributed by atoms with E-state index >= 15 is 0 Å². The molecule has 4 heteroatoms. The SMILES string of the molecule is Cc1nc(C)c(C(C)NC2CSC(C)C2)s1. The molecule has 1 fully saturated rings. The third-order valence-corrected chi connectivity index (χ3v) is 5.63. The summed E-state index contributed by atoms with van der Waals surface area (Å²) in [5.41, 5.74) is 1.20. The minimum Gasteiger partial charge on any atom is -0.306 e. The van der Waals surface area contributed by atoms with Crippen LogP contribution in [0.3, 0.4) is 0 Å². The van der Waals surface area contributed by atoms with Crippen molar-refractivity contribution in [3.05, 3.63) is 15.6 Å². The highest BCUT2D eigenvalue weighted by Crippen LogP contribution is 2.30. The second-order valence-electron chi connectivity index (χ2n) is 4.65. The first-order chi connectivity index (χ1) is 7.56. The fourth-order valence-corrected chi connectivity index (χ4v) is 4.41. The number of aromatic nitrogens is 1. The van der Waals surface area contributed by atoms with Crippen LogP contribution in [0, 0.1) is 13.8 Å². The van der Waals surface area contributed by atoms with Crippen LogP contribution in [0.1, 0.15) is 41.9 Å². The molecule has 3 atom stereocenters. The molecule has 3 unspecified atom stereocenters. The highest BCUT2D eigenvalue weighted by Gasteiger charge is 2.24. The van der Waals surface area contributed by atoms with Crippen LogP contribution in [-0.4, -0.2) is 22.0 Å². The van der Waals surface area contributed by atoms with Crippen molar-refractivity contribution in [1.29, 1.82) is 0 Å². The number of hydrogen-bond donors (Lipinski definition) is 1. The van der Waals surface area contributed by atoms with Crippen molar-refractivity contribution in [3.8, 4) is 0 Å². The van der Waals surface area contributed by atoms with E-state index in [0.29, 0.717) is 12.1 Å². The average Bonchev–Trinajstić information content (AvgIpc) is 2.73. The predicted molar refractivity (Wildman–Crippen MR) is 73.5 cm³/mol. The first kappa shape index (κ1) is 12.4. The Balaban J connectivity index is 1.97. The quantitative estimate of drug-likeness (QED) is 0.898. The van der Waals surface area contributed by atoms with Crippen molar-refractivity contribution in [3.63, 3.8) is 0 Å². The van der Waals surface area contributed by atoms with Gasteiger partial charge in [-0.2, -0.15) is 11.8 Å². The molecule has 0 amide bonds. The molecule has 0 aromatic carbocycles. The van der Waals surface area contributed by atoms with Gasteiger partial charge < -0.3 is 5.32 Å². The van der Waals surface area contributed by atoms with Crippen molar-refractivity contribution in [2.75, 3.05) is 5.75 Å². The van der Waals surface area contributed by atoms with Crippen LogP contribution in [-0.2, 0) is 0 Å². The fraction of sp³-hybridized carbons (Fsp3) is 0.750. The van der Waals surface area contributed by atoms with Crippen LogP contribution in [0.15, 0.2) is 0 Å². The maximum Gasteiger partial charge on any atom is 0.0900 e. The van der Waals surface area contributed by atoms with Crippen LogP contribution in [0.4, 0.5) is 0 Å². The lowest BCUT2D eigenvalue weighted by Gasteiger charge is -2.18. The number of aryl methyl sites for hydroxylation is 2. The smallest absolute Gasteiger partial charge is 0.0900 e. The second kappa shape index (κ2) is 5.07. The van der Waals surface area contributed by atoms with E-state index in [1.54, 1.807) is 0 Å². The van der Waals surface area contributed by atoms with Gasteiger partial charge in [-0.3, -0.25) is 0 Å². The van der Waals surface area contributed by atoms with E-state index < -0.39 is 0 Å². The number of nitrogens with zero attached hydrogens (tertiary/aromatic N) is 1. The van der Waals surface area contributed by atoms with Gasteiger partial charge in [0.2, 0.25) is 0 Å². The lowest BCUT2D eigenvalue weighted by Crippen LogP contribution is -2.31. The van der Waals surface area contributed by atoms with Gasteiger partial charge in [0.15, 0.2) is 0 Å². The second-order valence-corrected chi connectivity index (χ2v) is 7.35. The molecular weight excluding hydrogens is 236 g/mol. The lowest BCUT2D eigenvalue weighted by molar-refractivity contribution is 0.477. The molecule has 1 aromatic heterocycles. The topological polar surface area (TPSA) is 24.9 Å². The molecule has 0 spiro atoms. The standard InChI is InChI=1S/C12H20N2S2/c1-7-5-11(6-15-7)14-9(3)12-8(2)13-10(4)16-12/h7,9,11,14H,5-6H2,1-4H3. The van der Waals surface area contributed by atoms with E-state index in [1.807, 2.05) is 11.3 Å². The molecule has 0 aliphatic carbocycles. The molecule has 90 valence electrons. The Morgan fingerprint density at radius 1 is 1.44 bits per heavy atom. The Bertz CT molecular complexity index is 362. The number of rotatable bonds is 3. The summed E-state index contributed by atoms with van der Waals surface area (Å²) in [5, 5.41) is 5.72. The molecule has 2 heterocycles. The summed E-state index contributed by atoms with van der Waals surface area (Å²) >= 11 is 3.90. The summed E-state index contributed by atoms with van der Waals surface area (Å²) in [5.74, 6) is 1.25. The first-order valence-corrected chi connectivity index (χ1v) is 7.74. The van der Waals surface area contributed by atoms with E-state index in [0.717, 1.165) is 5.25 Å². The third kappa shape index (κ3) is 2.79. The van der Waals surface area contributed by atoms with Crippen molar-refractivity contribution in [2.24, 2.45) is 0 Å². The molecule has 0 bridgehead atoms. The van der Waals surface area contributed by atoms with Gasteiger partial charge in [0, 0.05) is 28.0 Å². The molecule has 1 aromatic rings. The minimum absolute atomic E-state index is 0.446. The monoisotopic (exact) mass is 256 g/mol. The zero-order valence-electron chi connectivity index (χ0n) is 10.4. The van der Waals surface area contributed by atoms with E-state index in [-0.39, 0.29) is 0 Å². The zero-order valence-corrected chi connectivity index (χ0v) is 12.0. The molecular formula is C12H20N2S2. The lowest BCUT2D eigenvalue weighted by atomic mass is 10.1. The normalized spacial score (nSPS) is 27.2. The van der Waals surface area contributed by atoms with Crippen LogP contribution >= 0.6 is 23.1 Å². The van der Waals surface area contributed by atoms with Crippen LogP contribution < -0.4 is 5.32 Å². The van der Waals surface area contributed by atoms with Crippen molar-refractivity contribution >= 4 is 23.1 Å². The Kier molecular flexibility index (Phi) is 3.93. The maximum absolute atomic E-state index is 4.49. The Hall–Kier alpha value is -0.0600. The van der Waals surface area contributed by atoms with Gasteiger partial charge >= 0.3 is 0 Å². The molecule has 0 saturated carbocycles. The highest BCUT2D eigenvalue weighted by atomic mass is 32.2. The van der Waals surface area contributed by atoms with Crippen LogP contribution in [0.2, 0.25) is 0 Å². The summed E-state index contributed by atoms with van der Waals surface area (Å²) < 4.78 is 0. The molecule has 1 saturated heterocycles. The zero-order chi connectivity index (χ0) is 11.7. The number of thioether (sulfide) groups is 1. The molecule has 2 nitrogen and oxygen atoms in total. The molecule has 16 heavy (non-hydrogen) atoms.